The van der Waals surface area contributed by atoms with E-state index in [1.165, 1.54) is 11.3 Å². The minimum atomic E-state index is -0.311. The third-order valence-electron chi connectivity index (χ3n) is 10.5. The van der Waals surface area contributed by atoms with Crippen LogP contribution in [0.3, 0.4) is 0 Å². The van der Waals surface area contributed by atoms with Crippen LogP contribution in [0.15, 0.2) is 159 Å². The van der Waals surface area contributed by atoms with Gasteiger partial charge in [0, 0.05) is 58.3 Å². The summed E-state index contributed by atoms with van der Waals surface area (Å²) in [5.74, 6) is 1.40. The zero-order valence-corrected chi connectivity index (χ0v) is 41.2. The summed E-state index contributed by atoms with van der Waals surface area (Å²) in [6.07, 6.45) is 6.77. The van der Waals surface area contributed by atoms with E-state index in [0.717, 1.165) is 49.1 Å². The van der Waals surface area contributed by atoms with E-state index >= 15 is 0 Å². The van der Waals surface area contributed by atoms with Crippen molar-refractivity contribution >= 4 is 107 Å². The molecule has 2 atom stereocenters. The van der Waals surface area contributed by atoms with Gasteiger partial charge in [-0.1, -0.05) is 91.3 Å². The van der Waals surface area contributed by atoms with Crippen molar-refractivity contribution in [3.63, 3.8) is 0 Å². The van der Waals surface area contributed by atoms with Crippen molar-refractivity contribution in [3.8, 4) is 21.9 Å². The summed E-state index contributed by atoms with van der Waals surface area (Å²) in [6, 6.07) is 33.2. The first-order chi connectivity index (χ1) is 32.9. The quantitative estimate of drug-likeness (QED) is 0.107. The minimum Gasteiger partial charge on any atom is -0.368 e. The number of rotatable bonds is 9. The van der Waals surface area contributed by atoms with Gasteiger partial charge in [-0.15, -0.1) is 22.7 Å². The predicted molar refractivity (Wildman–Crippen MR) is 288 cm³/mol. The van der Waals surface area contributed by atoms with E-state index < -0.39 is 0 Å². The Morgan fingerprint density at radius 3 is 1.57 bits per heavy atom. The molecule has 350 valence electrons. The normalized spacial score (nSPS) is 11.6. The Bertz CT molecular complexity index is 3470. The Kier molecular flexibility index (Phi) is 16.2. The number of thiazole rings is 2. The Balaban J connectivity index is 0.000000180. The fourth-order valence-corrected chi connectivity index (χ4v) is 9.28. The molecule has 0 bridgehead atoms. The Morgan fingerprint density at radius 1 is 0.623 bits per heavy atom. The molecule has 6 N–H and O–H groups in total. The van der Waals surface area contributed by atoms with Crippen LogP contribution in [0.25, 0.3) is 43.5 Å². The molecule has 4 aromatic carbocycles. The van der Waals surface area contributed by atoms with Crippen LogP contribution in [0.5, 0.6) is 0 Å². The lowest BCUT2D eigenvalue weighted by Crippen LogP contribution is -2.26. The SMILES string of the molecule is C.C[C@H](Nc1nc(N)ncc1-c1nccs1)c1cc2cccc(Cl)c2c(=O)n1-c1ccccc1.C[C@H](Nc1nc(N)ncc1Br)c1cc2cccc(Cl)c2c(=O)n1-c1ccccc1.Cc1nccs1. The highest BCUT2D eigenvalue weighted by atomic mass is 79.9. The molecule has 0 aliphatic carbocycles. The Morgan fingerprint density at radius 2 is 1.10 bits per heavy atom. The highest BCUT2D eigenvalue weighted by Crippen LogP contribution is 2.33. The molecule has 0 aliphatic heterocycles. The van der Waals surface area contributed by atoms with E-state index in [1.54, 1.807) is 57.4 Å². The second kappa shape index (κ2) is 22.4. The molecule has 6 aromatic heterocycles. The van der Waals surface area contributed by atoms with E-state index in [-0.39, 0.29) is 42.5 Å². The monoisotopic (exact) mass is 1060 g/mol. The number of hydrogen-bond donors (Lipinski definition) is 4. The van der Waals surface area contributed by atoms with Gasteiger partial charge in [0.15, 0.2) is 0 Å². The first-order valence-corrected chi connectivity index (χ1v) is 24.2. The van der Waals surface area contributed by atoms with Crippen LogP contribution in [-0.2, 0) is 0 Å². The number of anilines is 4. The van der Waals surface area contributed by atoms with Crippen LogP contribution in [0, 0.1) is 6.92 Å². The lowest BCUT2D eigenvalue weighted by atomic mass is 10.1. The number of halogens is 3. The summed E-state index contributed by atoms with van der Waals surface area (Å²) >= 11 is 19.3. The van der Waals surface area contributed by atoms with Crippen LogP contribution in [-0.4, -0.2) is 39.0 Å². The lowest BCUT2D eigenvalue weighted by Gasteiger charge is -2.22. The fraction of sp³-hybridized carbons (Fsp3) is 0.120. The molecule has 0 aliphatic rings. The first-order valence-electron chi connectivity index (χ1n) is 20.9. The van der Waals surface area contributed by atoms with Crippen molar-refractivity contribution in [2.24, 2.45) is 0 Å². The Labute approximate surface area is 423 Å². The summed E-state index contributed by atoms with van der Waals surface area (Å²) < 4.78 is 4.03. The third-order valence-corrected chi connectivity index (χ3v) is 13.2. The van der Waals surface area contributed by atoms with Gasteiger partial charge in [-0.2, -0.15) is 9.97 Å². The molecule has 0 saturated heterocycles. The number of hydrogen-bond acceptors (Lipinski definition) is 14. The fourth-order valence-electron chi connectivity index (χ4n) is 7.36. The van der Waals surface area contributed by atoms with Crippen molar-refractivity contribution in [2.45, 2.75) is 40.3 Å². The summed E-state index contributed by atoms with van der Waals surface area (Å²) in [5.41, 5.74) is 15.0. The summed E-state index contributed by atoms with van der Waals surface area (Å²) in [7, 11) is 0. The molecule has 10 rings (SSSR count). The second-order valence-corrected chi connectivity index (χ2v) is 18.7. The van der Waals surface area contributed by atoms with Gasteiger partial charge in [0.1, 0.15) is 16.6 Å². The molecule has 0 saturated carbocycles. The number of pyridine rings is 2. The minimum absolute atomic E-state index is 0. The standard InChI is InChI=1S/C24H19ClN6OS.C21H17BrClN5O.C4H5NS.CH4/c1-14(29-21-17(13-28-24(26)30-21)22-27-10-11-33-22)19-12-15-6-5-9-18(25)20(15)23(32)31(19)16-7-3-2-4-8-16;1-12(26-19-15(22)11-25-21(24)27-19)17-10-13-6-5-9-16(23)18(13)20(29)28(17)14-7-3-2-4-8-14;1-4-5-2-3-6-4;/h2-14H,1H3,(H3,26,28,29,30);2-12H,1H3,(H3,24,25,26,27);2-3H,1H3;1H4/t14-;12-;;/m00../s1. The van der Waals surface area contributed by atoms with Crippen LogP contribution in [0.1, 0.15) is 49.8 Å². The smallest absolute Gasteiger partial charge is 0.264 e. The summed E-state index contributed by atoms with van der Waals surface area (Å²) in [6.45, 7) is 5.91. The molecule has 10 aromatic rings. The number of aryl methyl sites for hydroxylation is 1. The number of para-hydroxylation sites is 2. The maximum atomic E-state index is 13.6. The molecular formula is C50H45BrCl2N12O2S2. The molecule has 19 heteroatoms. The highest BCUT2D eigenvalue weighted by molar-refractivity contribution is 9.10. The molecule has 0 spiro atoms. The van der Waals surface area contributed by atoms with E-state index in [2.05, 4.69) is 56.5 Å². The molecular weight excluding hydrogens is 1020 g/mol. The largest absolute Gasteiger partial charge is 0.368 e. The number of nitrogens with two attached hydrogens (primary N) is 2. The number of benzene rings is 4. The number of fused-ring (bicyclic) bond motifs is 2. The van der Waals surface area contributed by atoms with Crippen molar-refractivity contribution in [2.75, 3.05) is 22.1 Å². The van der Waals surface area contributed by atoms with Gasteiger partial charge in [0.25, 0.3) is 11.1 Å². The molecule has 0 unspecified atom stereocenters. The van der Waals surface area contributed by atoms with Crippen molar-refractivity contribution in [1.82, 2.24) is 39.0 Å². The molecule has 6 heterocycles. The van der Waals surface area contributed by atoms with Crippen LogP contribution >= 0.6 is 61.8 Å². The number of aromatic nitrogens is 8. The van der Waals surface area contributed by atoms with Crippen molar-refractivity contribution < 1.29 is 0 Å². The van der Waals surface area contributed by atoms with Crippen molar-refractivity contribution in [1.29, 1.82) is 0 Å². The van der Waals surface area contributed by atoms with E-state index in [1.807, 2.05) is 129 Å². The highest BCUT2D eigenvalue weighted by Gasteiger charge is 2.22. The van der Waals surface area contributed by atoms with Gasteiger partial charge in [-0.3, -0.25) is 23.7 Å². The van der Waals surface area contributed by atoms with Gasteiger partial charge >= 0.3 is 0 Å². The second-order valence-electron chi connectivity index (χ2n) is 15.0. The molecule has 0 radical (unpaired) electrons. The van der Waals surface area contributed by atoms with Crippen LogP contribution in [0.2, 0.25) is 10.0 Å². The number of nitrogens with zero attached hydrogens (tertiary/aromatic N) is 8. The zero-order chi connectivity index (χ0) is 47.9. The first kappa shape index (κ1) is 49.9. The van der Waals surface area contributed by atoms with Gasteiger partial charge in [-0.05, 0) is 96.0 Å². The van der Waals surface area contributed by atoms with Gasteiger partial charge in [-0.25, -0.2) is 15.0 Å². The van der Waals surface area contributed by atoms with E-state index in [9.17, 15) is 9.59 Å². The third kappa shape index (κ3) is 11.3. The molecule has 0 amide bonds. The zero-order valence-electron chi connectivity index (χ0n) is 36.5. The van der Waals surface area contributed by atoms with Crippen molar-refractivity contribution in [3.05, 3.63) is 196 Å². The van der Waals surface area contributed by atoms with Crippen LogP contribution < -0.4 is 33.2 Å². The average molecular weight is 1060 g/mol. The van der Waals surface area contributed by atoms with E-state index in [4.69, 9.17) is 34.7 Å². The average Bonchev–Trinajstić information content (AvgIpc) is 4.06. The van der Waals surface area contributed by atoms with Crippen LogP contribution in [0.4, 0.5) is 23.5 Å². The summed E-state index contributed by atoms with van der Waals surface area (Å²) in [4.78, 5) is 52.1. The van der Waals surface area contributed by atoms with Gasteiger partial charge < -0.3 is 22.1 Å². The number of nitrogen functional groups attached to an aromatic ring is 2. The Hall–Kier alpha value is -7.02. The maximum absolute atomic E-state index is 13.6. The number of nitrogens with one attached hydrogen (secondary N) is 2. The summed E-state index contributed by atoms with van der Waals surface area (Å²) in [5, 5.41) is 15.9. The molecule has 69 heavy (non-hydrogen) atoms. The van der Waals surface area contributed by atoms with E-state index in [0.29, 0.717) is 36.9 Å². The van der Waals surface area contributed by atoms with Gasteiger partial charge in [0.2, 0.25) is 11.9 Å². The molecule has 14 nitrogen and oxygen atoms in total. The topological polar surface area (TPSA) is 197 Å². The van der Waals surface area contributed by atoms with Gasteiger partial charge in [0.05, 0.1) is 47.9 Å². The lowest BCUT2D eigenvalue weighted by molar-refractivity contribution is 0.772. The maximum Gasteiger partial charge on any atom is 0.264 e. The predicted octanol–water partition coefficient (Wildman–Crippen LogP) is 12.4. The molecule has 0 fully saturated rings.